The predicted octanol–water partition coefficient (Wildman–Crippen LogP) is 2.96. The first-order chi connectivity index (χ1) is 11.5. The average Bonchev–Trinajstić information content (AvgIpc) is 3.06. The lowest BCUT2D eigenvalue weighted by atomic mass is 10.3. The zero-order valence-electron chi connectivity index (χ0n) is 12.0. The summed E-state index contributed by atoms with van der Waals surface area (Å²) in [6, 6.07) is 10.4. The van der Waals surface area contributed by atoms with Gasteiger partial charge in [0.15, 0.2) is 17.3 Å². The van der Waals surface area contributed by atoms with Gasteiger partial charge in [0.05, 0.1) is 17.6 Å². The molecule has 1 aromatic heterocycles. The van der Waals surface area contributed by atoms with Crippen LogP contribution in [0, 0.1) is 11.6 Å². The van der Waals surface area contributed by atoms with Gasteiger partial charge in [-0.05, 0) is 30.3 Å². The van der Waals surface area contributed by atoms with E-state index in [-0.39, 0.29) is 11.4 Å². The number of carbonyl (C=O) groups excluding carboxylic acids is 1. The number of amides is 1. The van der Waals surface area contributed by atoms with Gasteiger partial charge in [-0.1, -0.05) is 28.9 Å². The number of carbonyl (C=O) groups is 1. The Kier molecular flexibility index (Phi) is 4.39. The third-order valence-electron chi connectivity index (χ3n) is 3.06. The molecule has 0 aliphatic carbocycles. The van der Waals surface area contributed by atoms with Crippen molar-refractivity contribution in [2.45, 2.75) is 0 Å². The minimum Gasteiger partial charge on any atom is -0.295 e. The molecule has 9 heteroatoms. The second kappa shape index (κ2) is 6.63. The van der Waals surface area contributed by atoms with E-state index in [9.17, 15) is 13.6 Å². The number of nitrogens with zero attached hydrogens (tertiary/aromatic N) is 3. The Morgan fingerprint density at radius 3 is 2.75 bits per heavy atom. The van der Waals surface area contributed by atoms with Gasteiger partial charge >= 0.3 is 0 Å². The van der Waals surface area contributed by atoms with E-state index >= 15 is 0 Å². The second-order valence-electron chi connectivity index (χ2n) is 4.71. The van der Waals surface area contributed by atoms with Crippen LogP contribution in [0.3, 0.4) is 0 Å². The number of rotatable bonds is 4. The minimum atomic E-state index is -1.10. The van der Waals surface area contributed by atoms with Gasteiger partial charge < -0.3 is 0 Å². The number of hydrazine groups is 1. The van der Waals surface area contributed by atoms with Gasteiger partial charge in [0.2, 0.25) is 0 Å². The van der Waals surface area contributed by atoms with Gasteiger partial charge in [0, 0.05) is 5.02 Å². The summed E-state index contributed by atoms with van der Waals surface area (Å²) < 4.78 is 27.9. The van der Waals surface area contributed by atoms with Crippen molar-refractivity contribution in [3.63, 3.8) is 0 Å². The van der Waals surface area contributed by atoms with Crippen molar-refractivity contribution >= 4 is 23.2 Å². The number of hydrogen-bond donors (Lipinski definition) is 2. The predicted molar refractivity (Wildman–Crippen MR) is 83.8 cm³/mol. The van der Waals surface area contributed by atoms with Gasteiger partial charge in [0.1, 0.15) is 0 Å². The molecular weight excluding hydrogens is 340 g/mol. The van der Waals surface area contributed by atoms with Crippen molar-refractivity contribution in [2.24, 2.45) is 0 Å². The Morgan fingerprint density at radius 2 is 1.96 bits per heavy atom. The summed E-state index contributed by atoms with van der Waals surface area (Å²) in [5.74, 6) is -2.78. The Morgan fingerprint density at radius 1 is 1.17 bits per heavy atom. The molecule has 0 aliphatic heterocycles. The lowest BCUT2D eigenvalue weighted by Crippen LogP contribution is -2.30. The monoisotopic (exact) mass is 349 g/mol. The number of nitrogens with one attached hydrogen (secondary N) is 2. The molecule has 3 aromatic rings. The van der Waals surface area contributed by atoms with Gasteiger partial charge in [0.25, 0.3) is 5.91 Å². The molecule has 0 spiro atoms. The number of benzene rings is 2. The molecule has 0 atom stereocenters. The van der Waals surface area contributed by atoms with E-state index in [1.165, 1.54) is 23.0 Å². The molecule has 0 radical (unpaired) electrons. The zero-order valence-corrected chi connectivity index (χ0v) is 12.8. The summed E-state index contributed by atoms with van der Waals surface area (Å²) in [6.07, 6.45) is 1.38. The van der Waals surface area contributed by atoms with Crippen LogP contribution in [-0.2, 0) is 0 Å². The van der Waals surface area contributed by atoms with Crippen molar-refractivity contribution in [2.75, 3.05) is 5.43 Å². The first kappa shape index (κ1) is 15.9. The van der Waals surface area contributed by atoms with E-state index in [0.717, 1.165) is 6.07 Å². The molecule has 0 bridgehead atoms. The molecule has 122 valence electrons. The van der Waals surface area contributed by atoms with Crippen molar-refractivity contribution in [3.8, 4) is 5.69 Å². The van der Waals surface area contributed by atoms with Crippen LogP contribution in [-0.4, -0.2) is 20.9 Å². The van der Waals surface area contributed by atoms with E-state index in [0.29, 0.717) is 10.7 Å². The van der Waals surface area contributed by atoms with E-state index in [1.807, 2.05) is 0 Å². The average molecular weight is 350 g/mol. The lowest BCUT2D eigenvalue weighted by Gasteiger charge is -2.08. The summed E-state index contributed by atoms with van der Waals surface area (Å²) in [6.45, 7) is 0. The summed E-state index contributed by atoms with van der Waals surface area (Å²) in [7, 11) is 0. The Hall–Kier alpha value is -3.00. The SMILES string of the molecule is O=C(NNc1cccc(F)c1F)c1cn(-c2cccc(Cl)c2)nn1. The fourth-order valence-corrected chi connectivity index (χ4v) is 2.09. The van der Waals surface area contributed by atoms with E-state index in [4.69, 9.17) is 11.6 Å². The maximum Gasteiger partial charge on any atom is 0.291 e. The molecule has 0 aliphatic rings. The highest BCUT2D eigenvalue weighted by Crippen LogP contribution is 2.16. The summed E-state index contributed by atoms with van der Waals surface area (Å²) in [5.41, 5.74) is 4.93. The van der Waals surface area contributed by atoms with Gasteiger partial charge in [-0.3, -0.25) is 15.6 Å². The molecule has 3 rings (SSSR count). The van der Waals surface area contributed by atoms with Crippen molar-refractivity contribution in [1.82, 2.24) is 20.4 Å². The third kappa shape index (κ3) is 3.33. The number of anilines is 1. The van der Waals surface area contributed by atoms with Gasteiger partial charge in [-0.25, -0.2) is 13.5 Å². The highest BCUT2D eigenvalue weighted by atomic mass is 35.5. The molecule has 6 nitrogen and oxygen atoms in total. The summed E-state index contributed by atoms with van der Waals surface area (Å²) in [4.78, 5) is 12.0. The highest BCUT2D eigenvalue weighted by Gasteiger charge is 2.13. The molecule has 0 saturated carbocycles. The molecule has 0 unspecified atom stereocenters. The molecular formula is C15H10ClF2N5O. The molecule has 2 aromatic carbocycles. The van der Waals surface area contributed by atoms with Crippen LogP contribution in [0.1, 0.15) is 10.5 Å². The first-order valence-electron chi connectivity index (χ1n) is 6.73. The molecule has 0 fully saturated rings. The minimum absolute atomic E-state index is 0.0145. The number of halogens is 3. The number of hydrogen-bond acceptors (Lipinski definition) is 4. The van der Waals surface area contributed by atoms with Gasteiger partial charge in [-0.15, -0.1) is 5.10 Å². The molecule has 1 heterocycles. The van der Waals surface area contributed by atoms with E-state index in [2.05, 4.69) is 21.2 Å². The fraction of sp³-hybridized carbons (Fsp3) is 0. The third-order valence-corrected chi connectivity index (χ3v) is 3.30. The van der Waals surface area contributed by atoms with Gasteiger partial charge in [-0.2, -0.15) is 0 Å². The first-order valence-corrected chi connectivity index (χ1v) is 7.11. The second-order valence-corrected chi connectivity index (χ2v) is 5.15. The highest BCUT2D eigenvalue weighted by molar-refractivity contribution is 6.30. The molecule has 24 heavy (non-hydrogen) atoms. The van der Waals surface area contributed by atoms with Crippen LogP contribution in [0.4, 0.5) is 14.5 Å². The van der Waals surface area contributed by atoms with Crippen LogP contribution in [0.2, 0.25) is 5.02 Å². The van der Waals surface area contributed by atoms with Crippen LogP contribution in [0.5, 0.6) is 0 Å². The molecule has 1 amide bonds. The zero-order chi connectivity index (χ0) is 17.1. The van der Waals surface area contributed by atoms with Crippen molar-refractivity contribution in [3.05, 3.63) is 71.0 Å². The largest absolute Gasteiger partial charge is 0.295 e. The smallest absolute Gasteiger partial charge is 0.291 e. The van der Waals surface area contributed by atoms with Crippen LogP contribution in [0.25, 0.3) is 5.69 Å². The standard InChI is InChI=1S/C15H10ClF2N5O/c16-9-3-1-4-10(7-9)23-8-13(20-22-23)15(24)21-19-12-6-2-5-11(17)14(12)18/h1-8,19H,(H,21,24). The summed E-state index contributed by atoms with van der Waals surface area (Å²) in [5, 5.41) is 8.06. The fourth-order valence-electron chi connectivity index (χ4n) is 1.90. The van der Waals surface area contributed by atoms with Crippen molar-refractivity contribution < 1.29 is 13.6 Å². The van der Waals surface area contributed by atoms with Crippen LogP contribution in [0.15, 0.2) is 48.7 Å². The van der Waals surface area contributed by atoms with Crippen LogP contribution >= 0.6 is 11.6 Å². The Bertz CT molecular complexity index is 899. The van der Waals surface area contributed by atoms with E-state index in [1.54, 1.807) is 24.3 Å². The summed E-state index contributed by atoms with van der Waals surface area (Å²) >= 11 is 5.89. The number of aromatic nitrogens is 3. The Balaban J connectivity index is 1.71. The lowest BCUT2D eigenvalue weighted by molar-refractivity contribution is 0.0957. The Labute approximate surface area is 140 Å². The topological polar surface area (TPSA) is 71.8 Å². The van der Waals surface area contributed by atoms with E-state index < -0.39 is 17.5 Å². The maximum absolute atomic E-state index is 13.5. The molecule has 2 N–H and O–H groups in total. The molecule has 0 saturated heterocycles. The van der Waals surface area contributed by atoms with Crippen molar-refractivity contribution in [1.29, 1.82) is 0 Å². The quantitative estimate of drug-likeness (QED) is 0.710. The normalized spacial score (nSPS) is 10.5. The maximum atomic E-state index is 13.5. The van der Waals surface area contributed by atoms with Crippen LogP contribution < -0.4 is 10.9 Å².